The molecule has 2 aliphatic heterocycles. The summed E-state index contributed by atoms with van der Waals surface area (Å²) in [4.78, 5) is 15.5. The molecule has 0 aliphatic carbocycles. The van der Waals surface area contributed by atoms with Crippen molar-refractivity contribution in [3.8, 4) is 5.75 Å². The van der Waals surface area contributed by atoms with Crippen LogP contribution < -0.4 is 0 Å². The average Bonchev–Trinajstić information content (AvgIpc) is 3.20. The summed E-state index contributed by atoms with van der Waals surface area (Å²) in [6, 6.07) is 18.0. The number of aromatic nitrogens is 1. The van der Waals surface area contributed by atoms with Crippen LogP contribution in [0.4, 0.5) is 0 Å². The Balaban J connectivity index is 1.20. The fourth-order valence-electron chi connectivity index (χ4n) is 4.98. The van der Waals surface area contributed by atoms with Crippen molar-refractivity contribution < 1.29 is 9.90 Å². The summed E-state index contributed by atoms with van der Waals surface area (Å²) in [5.41, 5.74) is 3.25. The first kappa shape index (κ1) is 17.5. The number of fused-ring (bicyclic) bond motifs is 3. The van der Waals surface area contributed by atoms with Gasteiger partial charge in [0, 0.05) is 29.9 Å². The van der Waals surface area contributed by atoms with Crippen molar-refractivity contribution in [2.24, 2.45) is 11.8 Å². The fourth-order valence-corrected chi connectivity index (χ4v) is 4.98. The third-order valence-corrected chi connectivity index (χ3v) is 6.49. The molecule has 0 radical (unpaired) electrons. The van der Waals surface area contributed by atoms with Crippen molar-refractivity contribution in [3.05, 3.63) is 65.9 Å². The van der Waals surface area contributed by atoms with Crippen LogP contribution in [0.15, 0.2) is 54.6 Å². The number of aromatic hydroxyl groups is 1. The van der Waals surface area contributed by atoms with Crippen LogP contribution in [-0.2, 0) is 13.1 Å². The monoisotopic (exact) mass is 374 g/mol. The molecule has 0 amide bonds. The first-order valence-corrected chi connectivity index (χ1v) is 10.3. The van der Waals surface area contributed by atoms with Gasteiger partial charge in [0.2, 0.25) is 0 Å². The van der Waals surface area contributed by atoms with Crippen LogP contribution in [-0.4, -0.2) is 33.4 Å². The van der Waals surface area contributed by atoms with Crippen molar-refractivity contribution >= 4 is 16.7 Å². The van der Waals surface area contributed by atoms with Gasteiger partial charge in [0.15, 0.2) is 5.78 Å². The standard InChI is InChI=1S/C24H26N2O2/c27-21-6-7-22-19(13-21)14-23-24(28)20(16-26(22)23)12-17-8-10-25(11-9-17)15-18-4-2-1-3-5-18/h1-7,13-14,17,20,27H,8-12,15-16H2. The van der Waals surface area contributed by atoms with E-state index in [-0.39, 0.29) is 17.5 Å². The number of piperidine rings is 1. The first-order chi connectivity index (χ1) is 13.7. The molecule has 1 aromatic heterocycles. The van der Waals surface area contributed by atoms with E-state index < -0.39 is 0 Å². The van der Waals surface area contributed by atoms with Crippen LogP contribution in [0.2, 0.25) is 0 Å². The maximum Gasteiger partial charge on any atom is 0.184 e. The van der Waals surface area contributed by atoms with E-state index >= 15 is 0 Å². The quantitative estimate of drug-likeness (QED) is 0.733. The summed E-state index contributed by atoms with van der Waals surface area (Å²) in [6.45, 7) is 4.05. The maximum atomic E-state index is 12.9. The third kappa shape index (κ3) is 3.22. The molecule has 1 unspecified atom stereocenters. The predicted octanol–water partition coefficient (Wildman–Crippen LogP) is 4.46. The smallest absolute Gasteiger partial charge is 0.184 e. The highest BCUT2D eigenvalue weighted by Gasteiger charge is 2.34. The molecule has 0 saturated carbocycles. The minimum absolute atomic E-state index is 0.110. The number of likely N-dealkylation sites (tertiary alicyclic amines) is 1. The Kier molecular flexibility index (Phi) is 4.44. The Morgan fingerprint density at radius 2 is 1.79 bits per heavy atom. The Hall–Kier alpha value is -2.59. The van der Waals surface area contributed by atoms with Gasteiger partial charge >= 0.3 is 0 Å². The van der Waals surface area contributed by atoms with E-state index in [4.69, 9.17) is 0 Å². The fraction of sp³-hybridized carbons (Fsp3) is 0.375. The number of carbonyl (C=O) groups excluding carboxylic acids is 1. The zero-order valence-electron chi connectivity index (χ0n) is 16.1. The van der Waals surface area contributed by atoms with Gasteiger partial charge in [0.05, 0.1) is 5.69 Å². The van der Waals surface area contributed by atoms with E-state index in [1.165, 1.54) is 18.4 Å². The summed E-state index contributed by atoms with van der Waals surface area (Å²) in [6.07, 6.45) is 3.36. The lowest BCUT2D eigenvalue weighted by Crippen LogP contribution is -2.34. The number of phenols is 1. The van der Waals surface area contributed by atoms with Crippen molar-refractivity contribution in [1.29, 1.82) is 0 Å². The highest BCUT2D eigenvalue weighted by atomic mass is 16.3. The lowest BCUT2D eigenvalue weighted by molar-refractivity contribution is 0.0894. The number of hydrogen-bond donors (Lipinski definition) is 1. The van der Waals surface area contributed by atoms with E-state index in [1.807, 2.05) is 12.1 Å². The molecule has 1 N–H and O–H groups in total. The molecule has 3 heterocycles. The van der Waals surface area contributed by atoms with Gasteiger partial charge in [-0.15, -0.1) is 0 Å². The number of Topliss-reactive ketones (excluding diaryl/α,β-unsaturated/α-hetero) is 1. The zero-order valence-corrected chi connectivity index (χ0v) is 16.1. The van der Waals surface area contributed by atoms with Gasteiger partial charge in [-0.2, -0.15) is 0 Å². The van der Waals surface area contributed by atoms with Gasteiger partial charge in [-0.25, -0.2) is 0 Å². The Bertz CT molecular complexity index is 1000. The minimum atomic E-state index is 0.110. The predicted molar refractivity (Wildman–Crippen MR) is 110 cm³/mol. The molecule has 2 aliphatic rings. The molecule has 0 bridgehead atoms. The largest absolute Gasteiger partial charge is 0.508 e. The molecule has 28 heavy (non-hydrogen) atoms. The summed E-state index contributed by atoms with van der Waals surface area (Å²) in [7, 11) is 0. The van der Waals surface area contributed by atoms with E-state index in [0.29, 0.717) is 5.92 Å². The number of rotatable bonds is 4. The van der Waals surface area contributed by atoms with Crippen LogP contribution in [0.25, 0.3) is 10.9 Å². The number of nitrogens with zero attached hydrogens (tertiary/aromatic N) is 2. The number of ketones is 1. The molecule has 1 atom stereocenters. The number of hydrogen-bond acceptors (Lipinski definition) is 3. The summed E-state index contributed by atoms with van der Waals surface area (Å²) >= 11 is 0. The van der Waals surface area contributed by atoms with Crippen molar-refractivity contribution in [1.82, 2.24) is 9.47 Å². The average molecular weight is 374 g/mol. The number of benzene rings is 2. The normalized spacial score (nSPS) is 20.7. The van der Waals surface area contributed by atoms with E-state index in [0.717, 1.165) is 49.2 Å². The topological polar surface area (TPSA) is 45.5 Å². The molecule has 5 rings (SSSR count). The second-order valence-corrected chi connectivity index (χ2v) is 8.39. The maximum absolute atomic E-state index is 12.9. The second-order valence-electron chi connectivity index (χ2n) is 8.39. The summed E-state index contributed by atoms with van der Waals surface area (Å²) < 4.78 is 2.15. The SMILES string of the molecule is O=C1c2cc3cc(O)ccc3n2CC1CC1CCN(Cc2ccccc2)CC1. The van der Waals surface area contributed by atoms with Crippen LogP contribution in [0.5, 0.6) is 5.75 Å². The molecule has 2 aromatic carbocycles. The molecule has 4 nitrogen and oxygen atoms in total. The van der Waals surface area contributed by atoms with Gasteiger partial charge < -0.3 is 9.67 Å². The first-order valence-electron chi connectivity index (χ1n) is 10.3. The Morgan fingerprint density at radius 3 is 2.57 bits per heavy atom. The van der Waals surface area contributed by atoms with Crippen molar-refractivity contribution in [2.75, 3.05) is 13.1 Å². The molecule has 3 aromatic rings. The van der Waals surface area contributed by atoms with Gasteiger partial charge in [-0.1, -0.05) is 30.3 Å². The molecular formula is C24H26N2O2. The zero-order chi connectivity index (χ0) is 19.1. The Labute approximate surface area is 165 Å². The molecule has 1 fully saturated rings. The highest BCUT2D eigenvalue weighted by molar-refractivity contribution is 6.03. The van der Waals surface area contributed by atoms with Gasteiger partial charge in [-0.3, -0.25) is 9.69 Å². The lowest BCUT2D eigenvalue weighted by atomic mass is 9.85. The molecule has 4 heteroatoms. The second kappa shape index (κ2) is 7.10. The summed E-state index contributed by atoms with van der Waals surface area (Å²) in [5, 5.41) is 10.6. The van der Waals surface area contributed by atoms with Crippen LogP contribution in [0.3, 0.4) is 0 Å². The molecule has 0 spiro atoms. The van der Waals surface area contributed by atoms with E-state index in [1.54, 1.807) is 12.1 Å². The van der Waals surface area contributed by atoms with Crippen LogP contribution in [0.1, 0.15) is 35.3 Å². The van der Waals surface area contributed by atoms with Gasteiger partial charge in [0.25, 0.3) is 0 Å². The number of carbonyl (C=O) groups is 1. The minimum Gasteiger partial charge on any atom is -0.508 e. The van der Waals surface area contributed by atoms with Crippen molar-refractivity contribution in [3.63, 3.8) is 0 Å². The van der Waals surface area contributed by atoms with E-state index in [2.05, 4.69) is 39.8 Å². The Morgan fingerprint density at radius 1 is 1.00 bits per heavy atom. The van der Waals surface area contributed by atoms with E-state index in [9.17, 15) is 9.90 Å². The highest BCUT2D eigenvalue weighted by Crippen LogP contribution is 2.35. The van der Waals surface area contributed by atoms with Crippen molar-refractivity contribution in [2.45, 2.75) is 32.4 Å². The molecular weight excluding hydrogens is 348 g/mol. The van der Waals surface area contributed by atoms with Crippen LogP contribution in [0, 0.1) is 11.8 Å². The molecule has 1 saturated heterocycles. The third-order valence-electron chi connectivity index (χ3n) is 6.49. The molecule has 144 valence electrons. The lowest BCUT2D eigenvalue weighted by Gasteiger charge is -2.32. The van der Waals surface area contributed by atoms with Gasteiger partial charge in [0.1, 0.15) is 5.75 Å². The summed E-state index contributed by atoms with van der Waals surface area (Å²) in [5.74, 6) is 1.28. The van der Waals surface area contributed by atoms with Gasteiger partial charge in [-0.05, 0) is 68.1 Å². The number of phenolic OH excluding ortho intramolecular Hbond substituents is 1. The van der Waals surface area contributed by atoms with Crippen LogP contribution >= 0.6 is 0 Å².